The smallest absolute Gasteiger partial charge is 0.0469 e. The first-order valence-corrected chi connectivity index (χ1v) is 7.27. The summed E-state index contributed by atoms with van der Waals surface area (Å²) < 4.78 is 5.42. The maximum absolute atomic E-state index is 6.38. The van der Waals surface area contributed by atoms with Crippen LogP contribution in [-0.4, -0.2) is 37.7 Å². The third-order valence-electron chi connectivity index (χ3n) is 4.29. The lowest BCUT2D eigenvalue weighted by Crippen LogP contribution is -2.41. The average Bonchev–Trinajstić information content (AvgIpc) is 2.47. The highest BCUT2D eigenvalue weighted by molar-refractivity contribution is 5.19. The maximum Gasteiger partial charge on any atom is 0.0469 e. The summed E-state index contributed by atoms with van der Waals surface area (Å²) in [5, 5.41) is 0. The third kappa shape index (κ3) is 4.03. The molecule has 0 aromatic heterocycles. The Hall–Kier alpha value is -0.900. The van der Waals surface area contributed by atoms with Crippen LogP contribution >= 0.6 is 0 Å². The van der Waals surface area contributed by atoms with E-state index in [-0.39, 0.29) is 6.04 Å². The Kier molecular flexibility index (Phi) is 5.37. The lowest BCUT2D eigenvalue weighted by molar-refractivity contribution is 0.0497. The SMILES string of the molecule is CC(C(N)c1ccccc1)N(C)CC1CCOCC1. The van der Waals surface area contributed by atoms with Gasteiger partial charge in [0.2, 0.25) is 0 Å². The van der Waals surface area contributed by atoms with E-state index in [1.165, 1.54) is 18.4 Å². The second kappa shape index (κ2) is 7.04. The molecule has 0 aliphatic carbocycles. The fourth-order valence-corrected chi connectivity index (χ4v) is 2.73. The van der Waals surface area contributed by atoms with Crippen LogP contribution in [0.25, 0.3) is 0 Å². The van der Waals surface area contributed by atoms with E-state index >= 15 is 0 Å². The van der Waals surface area contributed by atoms with Gasteiger partial charge in [-0.05, 0) is 38.3 Å². The van der Waals surface area contributed by atoms with Gasteiger partial charge in [0.25, 0.3) is 0 Å². The Bertz CT molecular complexity index is 362. The number of benzene rings is 1. The molecule has 19 heavy (non-hydrogen) atoms. The summed E-state index contributed by atoms with van der Waals surface area (Å²) in [7, 11) is 2.18. The monoisotopic (exact) mass is 262 g/mol. The molecule has 1 saturated heterocycles. The van der Waals surface area contributed by atoms with E-state index in [4.69, 9.17) is 10.5 Å². The van der Waals surface area contributed by atoms with E-state index in [0.717, 1.165) is 25.7 Å². The zero-order valence-electron chi connectivity index (χ0n) is 12.1. The van der Waals surface area contributed by atoms with Crippen molar-refractivity contribution in [2.45, 2.75) is 31.8 Å². The van der Waals surface area contributed by atoms with Gasteiger partial charge < -0.3 is 15.4 Å². The average molecular weight is 262 g/mol. The highest BCUT2D eigenvalue weighted by atomic mass is 16.5. The molecule has 1 fully saturated rings. The van der Waals surface area contributed by atoms with Crippen molar-refractivity contribution in [2.75, 3.05) is 26.8 Å². The quantitative estimate of drug-likeness (QED) is 0.885. The highest BCUT2D eigenvalue weighted by Crippen LogP contribution is 2.21. The lowest BCUT2D eigenvalue weighted by Gasteiger charge is -2.34. The van der Waals surface area contributed by atoms with Crippen molar-refractivity contribution in [1.82, 2.24) is 4.90 Å². The number of hydrogen-bond donors (Lipinski definition) is 1. The van der Waals surface area contributed by atoms with E-state index in [2.05, 4.69) is 43.1 Å². The van der Waals surface area contributed by atoms with E-state index in [1.807, 2.05) is 6.07 Å². The van der Waals surface area contributed by atoms with Crippen molar-refractivity contribution >= 4 is 0 Å². The van der Waals surface area contributed by atoms with Crippen LogP contribution in [0.2, 0.25) is 0 Å². The molecule has 3 heteroatoms. The number of rotatable bonds is 5. The third-order valence-corrected chi connectivity index (χ3v) is 4.29. The van der Waals surface area contributed by atoms with Gasteiger partial charge in [0.1, 0.15) is 0 Å². The molecule has 0 bridgehead atoms. The Morgan fingerprint density at radius 3 is 2.53 bits per heavy atom. The minimum atomic E-state index is 0.0750. The molecule has 2 atom stereocenters. The van der Waals surface area contributed by atoms with Gasteiger partial charge in [-0.3, -0.25) is 0 Å². The lowest BCUT2D eigenvalue weighted by atomic mass is 9.96. The topological polar surface area (TPSA) is 38.5 Å². The summed E-state index contributed by atoms with van der Waals surface area (Å²) >= 11 is 0. The summed E-state index contributed by atoms with van der Waals surface area (Å²) in [6, 6.07) is 10.8. The summed E-state index contributed by atoms with van der Waals surface area (Å²) in [6.45, 7) is 5.16. The predicted molar refractivity (Wildman–Crippen MR) is 79.0 cm³/mol. The molecule has 2 rings (SSSR count). The molecular weight excluding hydrogens is 236 g/mol. The second-order valence-electron chi connectivity index (χ2n) is 5.67. The molecule has 2 N–H and O–H groups in total. The fourth-order valence-electron chi connectivity index (χ4n) is 2.73. The van der Waals surface area contributed by atoms with Gasteiger partial charge >= 0.3 is 0 Å². The molecule has 0 spiro atoms. The molecule has 106 valence electrons. The van der Waals surface area contributed by atoms with Gasteiger partial charge in [-0.15, -0.1) is 0 Å². The van der Waals surface area contributed by atoms with E-state index in [1.54, 1.807) is 0 Å². The standard InChI is InChI=1S/C16H26N2O/c1-13(16(17)15-6-4-3-5-7-15)18(2)12-14-8-10-19-11-9-14/h3-7,13-14,16H,8-12,17H2,1-2H3. The molecule has 0 radical (unpaired) electrons. The number of ether oxygens (including phenoxy) is 1. The zero-order valence-corrected chi connectivity index (χ0v) is 12.1. The normalized spacial score (nSPS) is 20.4. The Morgan fingerprint density at radius 1 is 1.26 bits per heavy atom. The second-order valence-corrected chi connectivity index (χ2v) is 5.67. The van der Waals surface area contributed by atoms with E-state index < -0.39 is 0 Å². The van der Waals surface area contributed by atoms with Crippen molar-refractivity contribution in [3.8, 4) is 0 Å². The van der Waals surface area contributed by atoms with Crippen molar-refractivity contribution in [3.63, 3.8) is 0 Å². The van der Waals surface area contributed by atoms with E-state index in [0.29, 0.717) is 6.04 Å². The number of nitrogens with zero attached hydrogens (tertiary/aromatic N) is 1. The molecule has 1 aromatic rings. The molecule has 1 aliphatic rings. The molecule has 1 aromatic carbocycles. The van der Waals surface area contributed by atoms with Crippen LogP contribution in [-0.2, 0) is 4.74 Å². The minimum Gasteiger partial charge on any atom is -0.381 e. The van der Waals surface area contributed by atoms with Crippen LogP contribution in [0.1, 0.15) is 31.4 Å². The minimum absolute atomic E-state index is 0.0750. The maximum atomic E-state index is 6.38. The molecule has 0 saturated carbocycles. The van der Waals surface area contributed by atoms with Crippen LogP contribution in [0.4, 0.5) is 0 Å². The van der Waals surface area contributed by atoms with Crippen LogP contribution in [0.3, 0.4) is 0 Å². The van der Waals surface area contributed by atoms with Gasteiger partial charge in [0.15, 0.2) is 0 Å². The summed E-state index contributed by atoms with van der Waals surface area (Å²) in [6.07, 6.45) is 2.36. The van der Waals surface area contributed by atoms with Crippen molar-refractivity contribution in [3.05, 3.63) is 35.9 Å². The number of hydrogen-bond acceptors (Lipinski definition) is 3. The summed E-state index contributed by atoms with van der Waals surface area (Å²) in [5.74, 6) is 0.754. The first-order valence-electron chi connectivity index (χ1n) is 7.27. The zero-order chi connectivity index (χ0) is 13.7. The molecule has 1 heterocycles. The highest BCUT2D eigenvalue weighted by Gasteiger charge is 2.22. The number of nitrogens with two attached hydrogens (primary N) is 1. The Labute approximate surface area is 116 Å². The van der Waals surface area contributed by atoms with E-state index in [9.17, 15) is 0 Å². The largest absolute Gasteiger partial charge is 0.381 e. The van der Waals surface area contributed by atoms with Crippen LogP contribution in [0, 0.1) is 5.92 Å². The van der Waals surface area contributed by atoms with Gasteiger partial charge in [-0.2, -0.15) is 0 Å². The summed E-state index contributed by atoms with van der Waals surface area (Å²) in [5.41, 5.74) is 7.59. The van der Waals surface area contributed by atoms with Crippen LogP contribution in [0.5, 0.6) is 0 Å². The molecule has 2 unspecified atom stereocenters. The predicted octanol–water partition coefficient (Wildman–Crippen LogP) is 2.43. The van der Waals surface area contributed by atoms with Crippen LogP contribution in [0.15, 0.2) is 30.3 Å². The van der Waals surface area contributed by atoms with Crippen molar-refractivity contribution in [1.29, 1.82) is 0 Å². The number of likely N-dealkylation sites (N-methyl/N-ethyl adjacent to an activating group) is 1. The Morgan fingerprint density at radius 2 is 1.89 bits per heavy atom. The first-order chi connectivity index (χ1) is 9.18. The fraction of sp³-hybridized carbons (Fsp3) is 0.625. The first kappa shape index (κ1) is 14.5. The molecular formula is C16H26N2O. The Balaban J connectivity index is 1.89. The van der Waals surface area contributed by atoms with Gasteiger partial charge in [0.05, 0.1) is 0 Å². The molecule has 0 amide bonds. The molecule has 3 nitrogen and oxygen atoms in total. The van der Waals surface area contributed by atoms with Gasteiger partial charge in [-0.1, -0.05) is 30.3 Å². The van der Waals surface area contributed by atoms with Gasteiger partial charge in [-0.25, -0.2) is 0 Å². The van der Waals surface area contributed by atoms with Crippen molar-refractivity contribution in [2.24, 2.45) is 11.7 Å². The molecule has 1 aliphatic heterocycles. The van der Waals surface area contributed by atoms with Crippen molar-refractivity contribution < 1.29 is 4.74 Å². The van der Waals surface area contributed by atoms with Crippen LogP contribution < -0.4 is 5.73 Å². The van der Waals surface area contributed by atoms with Gasteiger partial charge in [0, 0.05) is 31.8 Å². The summed E-state index contributed by atoms with van der Waals surface area (Å²) in [4.78, 5) is 2.40.